The van der Waals surface area contributed by atoms with Crippen molar-refractivity contribution in [3.8, 4) is 0 Å². The smallest absolute Gasteiger partial charge is 0.0599 e. The molecular weight excluding hydrogens is 280 g/mol. The molecule has 3 heteroatoms. The molecule has 0 aliphatic carbocycles. The van der Waals surface area contributed by atoms with Gasteiger partial charge in [0.15, 0.2) is 0 Å². The molecule has 0 aliphatic rings. The highest BCUT2D eigenvalue weighted by Gasteiger charge is 2.18. The molecule has 0 radical (unpaired) electrons. The van der Waals surface area contributed by atoms with Crippen molar-refractivity contribution in [2.45, 2.75) is 6.04 Å². The maximum absolute atomic E-state index is 6.02. The van der Waals surface area contributed by atoms with Gasteiger partial charge >= 0.3 is 0 Å². The zero-order valence-electron chi connectivity index (χ0n) is 13.0. The highest BCUT2D eigenvalue weighted by atomic mass is 35.5. The molecule has 1 unspecified atom stereocenters. The molecule has 0 fully saturated rings. The molecule has 0 N–H and O–H groups in total. The van der Waals surface area contributed by atoms with Crippen LogP contribution in [-0.4, -0.2) is 44.0 Å². The molecule has 1 atom stereocenters. The first-order chi connectivity index (χ1) is 10.1. The Balaban J connectivity index is 2.28. The van der Waals surface area contributed by atoms with E-state index in [4.69, 9.17) is 11.6 Å². The first-order valence-corrected chi connectivity index (χ1v) is 7.61. The molecule has 0 spiro atoms. The van der Waals surface area contributed by atoms with E-state index in [1.807, 2.05) is 12.1 Å². The van der Waals surface area contributed by atoms with Crippen molar-refractivity contribution in [3.05, 3.63) is 70.7 Å². The minimum atomic E-state index is 0.253. The number of halogens is 1. The fraction of sp³-hybridized carbons (Fsp3) is 0.333. The summed E-state index contributed by atoms with van der Waals surface area (Å²) in [6.07, 6.45) is 0. The largest absolute Gasteiger partial charge is 0.308 e. The Morgan fingerprint density at radius 3 is 1.95 bits per heavy atom. The second-order valence-electron chi connectivity index (χ2n) is 5.65. The summed E-state index contributed by atoms with van der Waals surface area (Å²) >= 11 is 6.02. The van der Waals surface area contributed by atoms with Gasteiger partial charge in [0.2, 0.25) is 0 Å². The molecular formula is C18H23ClN2. The zero-order chi connectivity index (χ0) is 15.2. The van der Waals surface area contributed by atoms with Crippen molar-refractivity contribution in [3.63, 3.8) is 0 Å². The van der Waals surface area contributed by atoms with Crippen LogP contribution in [0.15, 0.2) is 54.6 Å². The van der Waals surface area contributed by atoms with E-state index in [1.165, 1.54) is 11.1 Å². The third-order valence-electron chi connectivity index (χ3n) is 3.64. The molecule has 0 saturated carbocycles. The average molecular weight is 303 g/mol. The summed E-state index contributed by atoms with van der Waals surface area (Å²) in [5.74, 6) is 0. The quantitative estimate of drug-likeness (QED) is 0.798. The van der Waals surface area contributed by atoms with Gasteiger partial charge in [-0.3, -0.25) is 4.90 Å². The van der Waals surface area contributed by atoms with Crippen LogP contribution in [0.1, 0.15) is 17.2 Å². The van der Waals surface area contributed by atoms with Crippen LogP contribution in [-0.2, 0) is 0 Å². The van der Waals surface area contributed by atoms with E-state index in [0.717, 1.165) is 18.1 Å². The van der Waals surface area contributed by atoms with E-state index >= 15 is 0 Å². The molecule has 0 bridgehead atoms. The first kappa shape index (κ1) is 16.0. The Kier molecular flexibility index (Phi) is 5.80. The fourth-order valence-corrected chi connectivity index (χ4v) is 2.59. The Morgan fingerprint density at radius 2 is 1.38 bits per heavy atom. The number of rotatable bonds is 6. The number of hydrogen-bond acceptors (Lipinski definition) is 2. The first-order valence-electron chi connectivity index (χ1n) is 7.23. The van der Waals surface area contributed by atoms with Crippen LogP contribution in [0.5, 0.6) is 0 Å². The molecule has 0 saturated heterocycles. The van der Waals surface area contributed by atoms with E-state index in [0.29, 0.717) is 0 Å². The molecule has 0 amide bonds. The topological polar surface area (TPSA) is 6.48 Å². The number of nitrogens with zero attached hydrogens (tertiary/aromatic N) is 2. The van der Waals surface area contributed by atoms with Crippen LogP contribution in [0.25, 0.3) is 0 Å². The molecule has 0 heterocycles. The Hall–Kier alpha value is -1.35. The minimum absolute atomic E-state index is 0.253. The van der Waals surface area contributed by atoms with Gasteiger partial charge in [0.05, 0.1) is 6.04 Å². The van der Waals surface area contributed by atoms with Gasteiger partial charge in [0.1, 0.15) is 0 Å². The molecule has 2 rings (SSSR count). The maximum Gasteiger partial charge on any atom is 0.0599 e. The van der Waals surface area contributed by atoms with Crippen molar-refractivity contribution in [2.75, 3.05) is 34.2 Å². The Morgan fingerprint density at radius 1 is 0.810 bits per heavy atom. The van der Waals surface area contributed by atoms with Crippen LogP contribution in [0.3, 0.4) is 0 Å². The third-order valence-corrected chi connectivity index (χ3v) is 3.89. The van der Waals surface area contributed by atoms with Crippen molar-refractivity contribution >= 4 is 11.6 Å². The van der Waals surface area contributed by atoms with Crippen LogP contribution >= 0.6 is 11.6 Å². The lowest BCUT2D eigenvalue weighted by Crippen LogP contribution is -2.32. The summed E-state index contributed by atoms with van der Waals surface area (Å²) in [5.41, 5.74) is 2.58. The summed E-state index contributed by atoms with van der Waals surface area (Å²) in [4.78, 5) is 4.60. The van der Waals surface area contributed by atoms with Gasteiger partial charge in [-0.05, 0) is 44.4 Å². The summed E-state index contributed by atoms with van der Waals surface area (Å²) in [6.45, 7) is 2.04. The van der Waals surface area contributed by atoms with Crippen LogP contribution < -0.4 is 0 Å². The van der Waals surface area contributed by atoms with E-state index in [1.54, 1.807) is 0 Å². The van der Waals surface area contributed by atoms with E-state index in [2.05, 4.69) is 73.4 Å². The van der Waals surface area contributed by atoms with Gasteiger partial charge in [0, 0.05) is 18.1 Å². The Labute approximate surface area is 133 Å². The molecule has 2 nitrogen and oxygen atoms in total. The molecule has 112 valence electrons. The summed E-state index contributed by atoms with van der Waals surface area (Å²) < 4.78 is 0. The monoisotopic (exact) mass is 302 g/mol. The lowest BCUT2D eigenvalue weighted by atomic mass is 9.97. The second kappa shape index (κ2) is 7.60. The van der Waals surface area contributed by atoms with Gasteiger partial charge < -0.3 is 4.90 Å². The van der Waals surface area contributed by atoms with E-state index in [9.17, 15) is 0 Å². The summed E-state index contributed by atoms with van der Waals surface area (Å²) in [7, 11) is 6.39. The highest BCUT2D eigenvalue weighted by molar-refractivity contribution is 6.30. The van der Waals surface area contributed by atoms with E-state index < -0.39 is 0 Å². The summed E-state index contributed by atoms with van der Waals surface area (Å²) in [5, 5.41) is 0.779. The SMILES string of the molecule is CN(C)CCN(C)C(c1ccccc1)c1ccc(Cl)cc1. The average Bonchev–Trinajstić information content (AvgIpc) is 2.48. The van der Waals surface area contributed by atoms with Crippen LogP contribution in [0.2, 0.25) is 5.02 Å². The standard InChI is InChI=1S/C18H23ClN2/c1-20(2)13-14-21(3)18(15-7-5-4-6-8-15)16-9-11-17(19)12-10-16/h4-12,18H,13-14H2,1-3H3. The van der Waals surface area contributed by atoms with Crippen molar-refractivity contribution in [2.24, 2.45) is 0 Å². The van der Waals surface area contributed by atoms with Crippen molar-refractivity contribution in [1.29, 1.82) is 0 Å². The third kappa shape index (κ3) is 4.57. The lowest BCUT2D eigenvalue weighted by Gasteiger charge is -2.30. The number of benzene rings is 2. The normalized spacial score (nSPS) is 12.9. The van der Waals surface area contributed by atoms with Crippen LogP contribution in [0.4, 0.5) is 0 Å². The summed E-state index contributed by atoms with van der Waals surface area (Å²) in [6, 6.07) is 19.0. The van der Waals surface area contributed by atoms with Crippen molar-refractivity contribution < 1.29 is 0 Å². The van der Waals surface area contributed by atoms with Gasteiger partial charge in [-0.1, -0.05) is 54.1 Å². The molecule has 21 heavy (non-hydrogen) atoms. The lowest BCUT2D eigenvalue weighted by molar-refractivity contribution is 0.244. The van der Waals surface area contributed by atoms with Gasteiger partial charge in [0.25, 0.3) is 0 Å². The molecule has 0 aliphatic heterocycles. The zero-order valence-corrected chi connectivity index (χ0v) is 13.7. The molecule has 0 aromatic heterocycles. The molecule has 2 aromatic carbocycles. The second-order valence-corrected chi connectivity index (χ2v) is 6.09. The fourth-order valence-electron chi connectivity index (χ4n) is 2.47. The van der Waals surface area contributed by atoms with Gasteiger partial charge in [-0.15, -0.1) is 0 Å². The minimum Gasteiger partial charge on any atom is -0.308 e. The van der Waals surface area contributed by atoms with E-state index in [-0.39, 0.29) is 6.04 Å². The van der Waals surface area contributed by atoms with Crippen molar-refractivity contribution in [1.82, 2.24) is 9.80 Å². The predicted octanol–water partition coefficient (Wildman–Crippen LogP) is 3.92. The van der Waals surface area contributed by atoms with Gasteiger partial charge in [-0.25, -0.2) is 0 Å². The number of likely N-dealkylation sites (N-methyl/N-ethyl adjacent to an activating group) is 2. The molecule has 2 aromatic rings. The highest BCUT2D eigenvalue weighted by Crippen LogP contribution is 2.28. The van der Waals surface area contributed by atoms with Crippen LogP contribution in [0, 0.1) is 0 Å². The number of hydrogen-bond donors (Lipinski definition) is 0. The predicted molar refractivity (Wildman–Crippen MR) is 90.9 cm³/mol. The van der Waals surface area contributed by atoms with Gasteiger partial charge in [-0.2, -0.15) is 0 Å². The Bertz CT molecular complexity index is 537. The maximum atomic E-state index is 6.02.